The Balaban J connectivity index is 2.89. The van der Waals surface area contributed by atoms with Crippen LogP contribution in [0.4, 0.5) is 0 Å². The second-order valence-electron chi connectivity index (χ2n) is 3.38. The Kier molecular flexibility index (Phi) is 2.08. The van der Waals surface area contributed by atoms with Crippen LogP contribution in [0.5, 0.6) is 0 Å². The van der Waals surface area contributed by atoms with Gasteiger partial charge in [-0.15, -0.1) is 0 Å². The molecule has 72 valence electrons. The van der Waals surface area contributed by atoms with E-state index in [2.05, 4.69) is 4.98 Å². The summed E-state index contributed by atoms with van der Waals surface area (Å²) in [4.78, 5) is 14.3. The van der Waals surface area contributed by atoms with Crippen LogP contribution in [0.2, 0.25) is 5.02 Å². The summed E-state index contributed by atoms with van der Waals surface area (Å²) in [5, 5.41) is 1.49. The number of ketones is 1. The zero-order valence-electron chi connectivity index (χ0n) is 8.02. The number of carbonyl (C=O) groups excluding carboxylic acids is 1. The van der Waals surface area contributed by atoms with Crippen molar-refractivity contribution < 1.29 is 4.79 Å². The molecule has 0 unspecified atom stereocenters. The van der Waals surface area contributed by atoms with Crippen LogP contribution in [0.15, 0.2) is 18.3 Å². The van der Waals surface area contributed by atoms with Gasteiger partial charge in [0, 0.05) is 22.7 Å². The summed E-state index contributed by atoms with van der Waals surface area (Å²) in [6.45, 7) is 3.47. The van der Waals surface area contributed by atoms with Crippen molar-refractivity contribution in [2.75, 3.05) is 0 Å². The molecule has 1 heterocycles. The Morgan fingerprint density at radius 1 is 1.43 bits per heavy atom. The number of aromatic nitrogens is 1. The number of aryl methyl sites for hydroxylation is 1. The topological polar surface area (TPSA) is 32.9 Å². The molecule has 0 bridgehead atoms. The Morgan fingerprint density at radius 2 is 2.14 bits per heavy atom. The second kappa shape index (κ2) is 3.14. The van der Waals surface area contributed by atoms with E-state index in [0.717, 1.165) is 16.5 Å². The number of H-pyrrole nitrogens is 1. The lowest BCUT2D eigenvalue weighted by atomic mass is 10.1. The van der Waals surface area contributed by atoms with Crippen molar-refractivity contribution in [1.29, 1.82) is 0 Å². The van der Waals surface area contributed by atoms with E-state index in [-0.39, 0.29) is 5.78 Å². The Labute approximate surface area is 86.9 Å². The molecule has 2 nitrogen and oxygen atoms in total. The largest absolute Gasteiger partial charge is 0.360 e. The van der Waals surface area contributed by atoms with Gasteiger partial charge < -0.3 is 4.98 Å². The lowest BCUT2D eigenvalue weighted by Crippen LogP contribution is -1.90. The van der Waals surface area contributed by atoms with Gasteiger partial charge in [-0.3, -0.25) is 4.79 Å². The van der Waals surface area contributed by atoms with Crippen LogP contribution in [0.3, 0.4) is 0 Å². The highest BCUT2D eigenvalue weighted by Crippen LogP contribution is 2.29. The number of hydrogen-bond donors (Lipinski definition) is 1. The van der Waals surface area contributed by atoms with Crippen molar-refractivity contribution in [2.45, 2.75) is 13.8 Å². The molecule has 14 heavy (non-hydrogen) atoms. The van der Waals surface area contributed by atoms with Crippen LogP contribution in [-0.2, 0) is 0 Å². The third-order valence-electron chi connectivity index (χ3n) is 2.36. The van der Waals surface area contributed by atoms with Crippen LogP contribution < -0.4 is 0 Å². The molecule has 0 aliphatic rings. The van der Waals surface area contributed by atoms with E-state index in [0.29, 0.717) is 10.6 Å². The van der Waals surface area contributed by atoms with E-state index in [1.807, 2.05) is 19.1 Å². The molecule has 1 aromatic heterocycles. The summed E-state index contributed by atoms with van der Waals surface area (Å²) in [6.07, 6.45) is 1.71. The van der Waals surface area contributed by atoms with Crippen LogP contribution >= 0.6 is 11.6 Å². The van der Waals surface area contributed by atoms with Crippen LogP contribution in [0, 0.1) is 6.92 Å². The minimum Gasteiger partial charge on any atom is -0.360 e. The fraction of sp³-hybridized carbons (Fsp3) is 0.182. The molecule has 0 radical (unpaired) electrons. The molecule has 0 aliphatic carbocycles. The van der Waals surface area contributed by atoms with Gasteiger partial charge in [0.2, 0.25) is 0 Å². The number of nitrogens with one attached hydrogen (secondary N) is 1. The van der Waals surface area contributed by atoms with Gasteiger partial charge in [0.15, 0.2) is 5.78 Å². The number of rotatable bonds is 1. The maximum Gasteiger partial charge on any atom is 0.161 e. The molecule has 0 saturated heterocycles. The van der Waals surface area contributed by atoms with Gasteiger partial charge in [0.1, 0.15) is 0 Å². The number of benzene rings is 1. The predicted octanol–water partition coefficient (Wildman–Crippen LogP) is 3.33. The molecule has 0 fully saturated rings. The third kappa shape index (κ3) is 1.23. The molecule has 1 N–H and O–H groups in total. The standard InChI is InChI=1S/C11H10ClNO/c1-6-3-4-9-10(11(6)12)8(5-13-9)7(2)14/h3-5,13H,1-2H3. The van der Waals surface area contributed by atoms with Crippen molar-refractivity contribution in [3.63, 3.8) is 0 Å². The molecular formula is C11H10ClNO. The van der Waals surface area contributed by atoms with Crippen LogP contribution in [0.1, 0.15) is 22.8 Å². The van der Waals surface area contributed by atoms with Gasteiger partial charge >= 0.3 is 0 Å². The maximum atomic E-state index is 11.3. The van der Waals surface area contributed by atoms with Crippen LogP contribution in [-0.4, -0.2) is 10.8 Å². The quantitative estimate of drug-likeness (QED) is 0.715. The van der Waals surface area contributed by atoms with Crippen molar-refractivity contribution in [3.05, 3.63) is 34.5 Å². The third-order valence-corrected chi connectivity index (χ3v) is 2.84. The number of aromatic amines is 1. The Bertz CT molecular complexity index is 513. The SMILES string of the molecule is CC(=O)c1c[nH]c2ccc(C)c(Cl)c12. The van der Waals surface area contributed by atoms with E-state index in [4.69, 9.17) is 11.6 Å². The number of hydrogen-bond acceptors (Lipinski definition) is 1. The van der Waals surface area contributed by atoms with Crippen LogP contribution in [0.25, 0.3) is 10.9 Å². The van der Waals surface area contributed by atoms with Crippen molar-refractivity contribution >= 4 is 28.3 Å². The summed E-state index contributed by atoms with van der Waals surface area (Å²) in [6, 6.07) is 3.87. The summed E-state index contributed by atoms with van der Waals surface area (Å²) < 4.78 is 0. The average molecular weight is 208 g/mol. The lowest BCUT2D eigenvalue weighted by molar-refractivity contribution is 0.101. The summed E-state index contributed by atoms with van der Waals surface area (Å²) >= 11 is 6.14. The molecule has 2 aromatic rings. The van der Waals surface area contributed by atoms with Gasteiger partial charge in [-0.2, -0.15) is 0 Å². The fourth-order valence-electron chi connectivity index (χ4n) is 1.56. The maximum absolute atomic E-state index is 11.3. The van der Waals surface area contributed by atoms with E-state index in [1.54, 1.807) is 13.1 Å². The molecule has 0 amide bonds. The zero-order valence-corrected chi connectivity index (χ0v) is 8.77. The first-order chi connectivity index (χ1) is 6.61. The van der Waals surface area contributed by atoms with Gasteiger partial charge in [0.25, 0.3) is 0 Å². The second-order valence-corrected chi connectivity index (χ2v) is 3.76. The predicted molar refractivity (Wildman–Crippen MR) is 58.1 cm³/mol. The smallest absolute Gasteiger partial charge is 0.161 e. The van der Waals surface area contributed by atoms with Crippen molar-refractivity contribution in [3.8, 4) is 0 Å². The monoisotopic (exact) mass is 207 g/mol. The highest BCUT2D eigenvalue weighted by atomic mass is 35.5. The first-order valence-corrected chi connectivity index (χ1v) is 4.76. The van der Waals surface area contributed by atoms with E-state index in [9.17, 15) is 4.79 Å². The van der Waals surface area contributed by atoms with Gasteiger partial charge in [-0.1, -0.05) is 17.7 Å². The van der Waals surface area contributed by atoms with Crippen molar-refractivity contribution in [1.82, 2.24) is 4.98 Å². The molecule has 0 aliphatic heterocycles. The van der Waals surface area contributed by atoms with Crippen molar-refractivity contribution in [2.24, 2.45) is 0 Å². The summed E-state index contributed by atoms with van der Waals surface area (Å²) in [5.41, 5.74) is 2.56. The highest BCUT2D eigenvalue weighted by molar-refractivity contribution is 6.37. The minimum atomic E-state index is 0.0313. The first-order valence-electron chi connectivity index (χ1n) is 4.38. The fourth-order valence-corrected chi connectivity index (χ4v) is 1.83. The minimum absolute atomic E-state index is 0.0313. The Morgan fingerprint density at radius 3 is 2.79 bits per heavy atom. The van der Waals surface area contributed by atoms with E-state index >= 15 is 0 Å². The first kappa shape index (κ1) is 9.28. The average Bonchev–Trinajstić information content (AvgIpc) is 2.55. The number of halogens is 1. The van der Waals surface area contributed by atoms with Gasteiger partial charge in [-0.25, -0.2) is 0 Å². The summed E-state index contributed by atoms with van der Waals surface area (Å²) in [7, 11) is 0. The number of fused-ring (bicyclic) bond motifs is 1. The Hall–Kier alpha value is -1.28. The molecule has 2 rings (SSSR count). The van der Waals surface area contributed by atoms with E-state index < -0.39 is 0 Å². The molecular weight excluding hydrogens is 198 g/mol. The molecule has 0 atom stereocenters. The zero-order chi connectivity index (χ0) is 10.3. The molecule has 0 saturated carbocycles. The number of carbonyl (C=O) groups is 1. The lowest BCUT2D eigenvalue weighted by Gasteiger charge is -2.00. The van der Waals surface area contributed by atoms with E-state index in [1.165, 1.54) is 0 Å². The molecule has 1 aromatic carbocycles. The normalized spacial score (nSPS) is 10.8. The summed E-state index contributed by atoms with van der Waals surface area (Å²) in [5.74, 6) is 0.0313. The van der Waals surface area contributed by atoms with Gasteiger partial charge in [0.05, 0.1) is 5.02 Å². The van der Waals surface area contributed by atoms with Gasteiger partial charge in [-0.05, 0) is 25.5 Å². The molecule has 0 spiro atoms. The number of Topliss-reactive ketones (excluding diaryl/α,β-unsaturated/α-hetero) is 1. The highest BCUT2D eigenvalue weighted by Gasteiger charge is 2.11. The molecule has 3 heteroatoms.